The second-order valence-corrected chi connectivity index (χ2v) is 16.0. The number of hydrogen-bond donors (Lipinski definition) is 2. The molecule has 200 valence electrons. The second-order valence-electron chi connectivity index (χ2n) is 7.49. The monoisotopic (exact) mass is 528 g/mol. The molecule has 0 atom stereocenters. The van der Waals surface area contributed by atoms with Gasteiger partial charge in [-0.3, -0.25) is 0 Å². The Balaban J connectivity index is 4.76. The van der Waals surface area contributed by atoms with E-state index in [1.807, 2.05) is 48.5 Å². The van der Waals surface area contributed by atoms with Gasteiger partial charge in [0.2, 0.25) is 0 Å². The van der Waals surface area contributed by atoms with E-state index in [9.17, 15) is 0 Å². The van der Waals surface area contributed by atoms with Crippen LogP contribution in [0.3, 0.4) is 0 Å². The molecule has 0 aromatic rings. The van der Waals surface area contributed by atoms with Gasteiger partial charge in [-0.15, -0.1) is 0 Å². The quantitative estimate of drug-likeness (QED) is 0.144. The molecule has 2 N–H and O–H groups in total. The van der Waals surface area contributed by atoms with Gasteiger partial charge in [-0.05, 0) is 80.9 Å². The van der Waals surface area contributed by atoms with Crippen LogP contribution < -0.4 is 9.96 Å². The molecule has 12 heteroatoms. The maximum atomic E-state index is 6.13. The molecule has 0 rings (SSSR count). The van der Waals surface area contributed by atoms with Crippen LogP contribution in [0.1, 0.15) is 61.3 Å². The van der Waals surface area contributed by atoms with Crippen LogP contribution in [0.5, 0.6) is 0 Å². The maximum absolute atomic E-state index is 6.13. The molecule has 0 aliphatic heterocycles. The minimum atomic E-state index is -2.61. The van der Waals surface area contributed by atoms with E-state index in [1.54, 1.807) is 0 Å². The van der Waals surface area contributed by atoms with E-state index in [-0.39, 0.29) is 0 Å². The summed E-state index contributed by atoms with van der Waals surface area (Å²) in [6, 6.07) is 1.58. The van der Waals surface area contributed by atoms with E-state index in [0.717, 1.165) is 38.0 Å². The molecule has 0 saturated heterocycles. The topological polar surface area (TPSA) is 88.7 Å². The van der Waals surface area contributed by atoms with Crippen molar-refractivity contribution < 1.29 is 31.0 Å². The van der Waals surface area contributed by atoms with Crippen LogP contribution in [0.4, 0.5) is 0 Å². The Kier molecular flexibility index (Phi) is 19.6. The first-order valence-corrected chi connectivity index (χ1v) is 19.1. The Bertz CT molecular complexity index is 400. The zero-order chi connectivity index (χ0) is 25.1. The van der Waals surface area contributed by atoms with E-state index in [2.05, 4.69) is 16.5 Å². The van der Waals surface area contributed by atoms with Gasteiger partial charge in [-0.25, -0.2) is 0 Å². The van der Waals surface area contributed by atoms with Crippen LogP contribution in [-0.4, -0.2) is 85.6 Å². The lowest BCUT2D eigenvalue weighted by Gasteiger charge is -2.31. The Morgan fingerprint density at radius 1 is 0.455 bits per heavy atom. The zero-order valence-corrected chi connectivity index (χ0v) is 25.6. The van der Waals surface area contributed by atoms with Gasteiger partial charge < -0.3 is 40.9 Å². The number of hydrogen-bond acceptors (Lipinski definition) is 9. The minimum Gasteiger partial charge on any atom is -0.392 e. The van der Waals surface area contributed by atoms with Crippen molar-refractivity contribution in [3.05, 3.63) is 0 Å². The summed E-state index contributed by atoms with van der Waals surface area (Å²) in [5, 5.41) is 0. The molecule has 0 aromatic heterocycles. The molecular weight excluding hydrogens is 476 g/mol. The average Bonchev–Trinajstić information content (AvgIpc) is 2.76. The Morgan fingerprint density at radius 2 is 0.727 bits per heavy atom. The van der Waals surface area contributed by atoms with Crippen molar-refractivity contribution in [3.63, 3.8) is 0 Å². The Hall–Kier alpha value is 0.291. The van der Waals surface area contributed by atoms with E-state index in [0.29, 0.717) is 46.2 Å². The molecule has 0 unspecified atom stereocenters. The number of nitrogens with one attached hydrogen (secondary N) is 2. The summed E-state index contributed by atoms with van der Waals surface area (Å²) in [5.74, 6) is 0. The van der Waals surface area contributed by atoms with Crippen molar-refractivity contribution in [1.82, 2.24) is 9.96 Å². The lowest BCUT2D eigenvalue weighted by atomic mass is 10.5. The molecule has 9 nitrogen and oxygen atoms in total. The van der Waals surface area contributed by atoms with E-state index >= 15 is 0 Å². The second kappa shape index (κ2) is 19.5. The third kappa shape index (κ3) is 13.8. The van der Waals surface area contributed by atoms with Gasteiger partial charge in [-0.1, -0.05) is 0 Å². The first-order valence-electron chi connectivity index (χ1n) is 12.8. The summed E-state index contributed by atoms with van der Waals surface area (Å²) >= 11 is 0. The Labute approximate surface area is 206 Å². The summed E-state index contributed by atoms with van der Waals surface area (Å²) in [6.07, 6.45) is 1.80. The predicted octanol–water partition coefficient (Wildman–Crippen LogP) is 3.65. The largest absolute Gasteiger partial charge is 0.500 e. The highest BCUT2D eigenvalue weighted by Gasteiger charge is 2.41. The number of rotatable bonds is 24. The van der Waals surface area contributed by atoms with Gasteiger partial charge in [0.25, 0.3) is 0 Å². The smallest absolute Gasteiger partial charge is 0.392 e. The lowest BCUT2D eigenvalue weighted by Crippen LogP contribution is -2.63. The molecule has 0 heterocycles. The van der Waals surface area contributed by atoms with Crippen LogP contribution in [0.15, 0.2) is 0 Å². The fourth-order valence-corrected chi connectivity index (χ4v) is 11.2. The minimum absolute atomic E-state index is 0.600. The van der Waals surface area contributed by atoms with Crippen molar-refractivity contribution >= 4 is 26.2 Å². The van der Waals surface area contributed by atoms with Gasteiger partial charge >= 0.3 is 26.2 Å². The predicted molar refractivity (Wildman–Crippen MR) is 139 cm³/mol. The summed E-state index contributed by atoms with van der Waals surface area (Å²) < 4.78 is 41.9. The molecule has 33 heavy (non-hydrogen) atoms. The first-order chi connectivity index (χ1) is 15.8. The third-order valence-electron chi connectivity index (χ3n) is 4.86. The standard InChI is InChI=1S/C21H52N2O7Si3/c1-9-24-31(8,22-18-16-20-32(25-10-2,26-11-3)27-12-4)23-19-17-21-33(28-13-5,29-14-6)30-15-7/h22-23H,9-21H2,1-8H3. The average molecular weight is 529 g/mol. The van der Waals surface area contributed by atoms with Crippen LogP contribution >= 0.6 is 0 Å². The SMILES string of the molecule is CCO[Si](C)(NCCC[Si](OCC)(OCC)OCC)NCCC[Si](OCC)(OCC)OCC. The highest BCUT2D eigenvalue weighted by Crippen LogP contribution is 2.19. The maximum Gasteiger partial charge on any atom is 0.500 e. The van der Waals surface area contributed by atoms with Crippen LogP contribution in [0.25, 0.3) is 0 Å². The normalized spacial score (nSPS) is 13.1. The summed E-state index contributed by atoms with van der Waals surface area (Å²) in [6.45, 7) is 22.0. The molecule has 0 saturated carbocycles. The summed E-state index contributed by atoms with van der Waals surface area (Å²) in [5.41, 5.74) is 0. The van der Waals surface area contributed by atoms with Gasteiger partial charge in [0.05, 0.1) is 0 Å². The molecule has 0 aliphatic carbocycles. The molecule has 0 radical (unpaired) electrons. The van der Waals surface area contributed by atoms with Crippen molar-refractivity contribution in [3.8, 4) is 0 Å². The van der Waals surface area contributed by atoms with Crippen molar-refractivity contribution in [2.75, 3.05) is 59.3 Å². The van der Waals surface area contributed by atoms with E-state index in [4.69, 9.17) is 31.0 Å². The van der Waals surface area contributed by atoms with Gasteiger partial charge in [0.15, 0.2) is 0 Å². The van der Waals surface area contributed by atoms with Crippen molar-refractivity contribution in [2.45, 2.75) is 79.9 Å². The van der Waals surface area contributed by atoms with Crippen molar-refractivity contribution in [1.29, 1.82) is 0 Å². The van der Waals surface area contributed by atoms with Gasteiger partial charge in [-0.2, -0.15) is 0 Å². The third-order valence-corrected chi connectivity index (χ3v) is 13.9. The highest BCUT2D eigenvalue weighted by atomic mass is 28.4. The van der Waals surface area contributed by atoms with Gasteiger partial charge in [0, 0.05) is 58.3 Å². The molecule has 0 aromatic carbocycles. The molecular formula is C21H52N2O7Si3. The van der Waals surface area contributed by atoms with Crippen LogP contribution in [0, 0.1) is 0 Å². The highest BCUT2D eigenvalue weighted by molar-refractivity contribution is 6.67. The van der Waals surface area contributed by atoms with E-state index < -0.39 is 26.2 Å². The van der Waals surface area contributed by atoms with Crippen LogP contribution in [0.2, 0.25) is 18.6 Å². The van der Waals surface area contributed by atoms with Crippen LogP contribution in [-0.2, 0) is 31.0 Å². The fourth-order valence-electron chi connectivity index (χ4n) is 3.72. The Morgan fingerprint density at radius 3 is 0.970 bits per heavy atom. The first kappa shape index (κ1) is 33.3. The molecule has 0 aliphatic rings. The molecule has 0 spiro atoms. The van der Waals surface area contributed by atoms with Gasteiger partial charge in [0.1, 0.15) is 0 Å². The molecule has 0 fully saturated rings. The summed E-state index contributed by atoms with van der Waals surface area (Å²) in [4.78, 5) is 7.30. The van der Waals surface area contributed by atoms with E-state index in [1.165, 1.54) is 0 Å². The fraction of sp³-hybridized carbons (Fsp3) is 1.00. The zero-order valence-electron chi connectivity index (χ0n) is 22.6. The van der Waals surface area contributed by atoms with Crippen molar-refractivity contribution in [2.24, 2.45) is 0 Å². The summed E-state index contributed by atoms with van der Waals surface area (Å²) in [7, 11) is -7.49. The lowest BCUT2D eigenvalue weighted by molar-refractivity contribution is 0.0701. The molecule has 0 bridgehead atoms. The molecule has 0 amide bonds.